The molecule has 1 unspecified atom stereocenters. The number of aliphatic carboxylic acids is 1. The van der Waals surface area contributed by atoms with Gasteiger partial charge < -0.3 is 20.1 Å². The van der Waals surface area contributed by atoms with Crippen molar-refractivity contribution < 1.29 is 32.6 Å². The van der Waals surface area contributed by atoms with Crippen LogP contribution in [0, 0.1) is 5.41 Å². The first-order chi connectivity index (χ1) is 9.24. The van der Waals surface area contributed by atoms with Crippen LogP contribution in [0.15, 0.2) is 0 Å². The summed E-state index contributed by atoms with van der Waals surface area (Å²) in [5.74, 6) is -2.58. The third-order valence-electron chi connectivity index (χ3n) is 3.29. The van der Waals surface area contributed by atoms with E-state index in [1.54, 1.807) is 0 Å². The number of hydrogen-bond acceptors (Lipinski definition) is 4. The fourth-order valence-electron chi connectivity index (χ4n) is 2.16. The maximum absolute atomic E-state index is 13.2. The van der Waals surface area contributed by atoms with Crippen molar-refractivity contribution in [3.8, 4) is 0 Å². The van der Waals surface area contributed by atoms with Crippen molar-refractivity contribution in [1.29, 1.82) is 0 Å². The second kappa shape index (κ2) is 6.40. The molecular weight excluding hydrogens is 281 g/mol. The van der Waals surface area contributed by atoms with Crippen LogP contribution < -0.4 is 5.32 Å². The van der Waals surface area contributed by atoms with Gasteiger partial charge in [-0.25, -0.2) is 0 Å². The van der Waals surface area contributed by atoms with Crippen molar-refractivity contribution in [2.75, 3.05) is 39.9 Å². The van der Waals surface area contributed by atoms with Gasteiger partial charge in [-0.2, -0.15) is 13.2 Å². The molecule has 1 amide bonds. The van der Waals surface area contributed by atoms with Gasteiger partial charge in [0.15, 0.2) is 5.41 Å². The Morgan fingerprint density at radius 2 is 2.10 bits per heavy atom. The van der Waals surface area contributed by atoms with E-state index in [1.165, 1.54) is 7.11 Å². The van der Waals surface area contributed by atoms with Gasteiger partial charge >= 0.3 is 12.1 Å². The van der Waals surface area contributed by atoms with Gasteiger partial charge in [0.25, 0.3) is 0 Å². The van der Waals surface area contributed by atoms with Crippen molar-refractivity contribution in [1.82, 2.24) is 10.2 Å². The number of nitrogens with zero attached hydrogens (tertiary/aromatic N) is 1. The van der Waals surface area contributed by atoms with E-state index in [2.05, 4.69) is 5.32 Å². The smallest absolute Gasteiger partial charge is 0.404 e. The number of carbonyl (C=O) groups is 2. The van der Waals surface area contributed by atoms with Crippen LogP contribution in [0.3, 0.4) is 0 Å². The minimum atomic E-state index is -4.72. The molecule has 1 fully saturated rings. The normalized spacial score (nSPS) is 22.8. The monoisotopic (exact) mass is 298 g/mol. The molecule has 2 N–H and O–H groups in total. The first-order valence-electron chi connectivity index (χ1n) is 6.02. The zero-order valence-electron chi connectivity index (χ0n) is 11.0. The molecule has 0 aromatic rings. The molecule has 20 heavy (non-hydrogen) atoms. The molecule has 0 aromatic carbocycles. The number of carboxylic acid groups (broad SMARTS) is 1. The van der Waals surface area contributed by atoms with Crippen molar-refractivity contribution in [3.05, 3.63) is 0 Å². The zero-order valence-corrected chi connectivity index (χ0v) is 11.0. The highest BCUT2D eigenvalue weighted by molar-refractivity contribution is 5.87. The lowest BCUT2D eigenvalue weighted by Crippen LogP contribution is -2.55. The number of amides is 1. The van der Waals surface area contributed by atoms with Crippen LogP contribution in [0.5, 0.6) is 0 Å². The highest BCUT2D eigenvalue weighted by atomic mass is 19.4. The highest BCUT2D eigenvalue weighted by Gasteiger charge is 2.62. The van der Waals surface area contributed by atoms with E-state index in [9.17, 15) is 22.8 Å². The maximum atomic E-state index is 13.2. The molecule has 0 bridgehead atoms. The summed E-state index contributed by atoms with van der Waals surface area (Å²) < 4.78 is 44.4. The molecule has 1 heterocycles. The lowest BCUT2D eigenvalue weighted by atomic mass is 9.84. The van der Waals surface area contributed by atoms with Gasteiger partial charge in [-0.15, -0.1) is 0 Å². The number of nitrogens with one attached hydrogen (secondary N) is 1. The molecule has 1 aliphatic rings. The number of methoxy groups -OCH3 is 1. The lowest BCUT2D eigenvalue weighted by Gasteiger charge is -2.34. The Morgan fingerprint density at radius 3 is 2.50 bits per heavy atom. The molecule has 1 atom stereocenters. The fraction of sp³-hybridized carbons (Fsp3) is 0.818. The van der Waals surface area contributed by atoms with E-state index in [0.29, 0.717) is 4.90 Å². The third-order valence-corrected chi connectivity index (χ3v) is 3.29. The van der Waals surface area contributed by atoms with E-state index in [-0.39, 0.29) is 19.7 Å². The second-order valence-electron chi connectivity index (χ2n) is 4.62. The van der Waals surface area contributed by atoms with Crippen LogP contribution >= 0.6 is 0 Å². The lowest BCUT2D eigenvalue weighted by molar-refractivity contribution is -0.222. The van der Waals surface area contributed by atoms with Crippen LogP contribution in [-0.2, 0) is 14.3 Å². The summed E-state index contributed by atoms with van der Waals surface area (Å²) in [7, 11) is 1.32. The Morgan fingerprint density at radius 1 is 1.45 bits per heavy atom. The van der Waals surface area contributed by atoms with E-state index in [4.69, 9.17) is 9.84 Å². The summed E-state index contributed by atoms with van der Waals surface area (Å²) in [6.07, 6.45) is -5.12. The molecule has 0 aromatic heterocycles. The molecule has 6 nitrogen and oxygen atoms in total. The number of alkyl halides is 3. The van der Waals surface area contributed by atoms with Gasteiger partial charge in [-0.3, -0.25) is 9.59 Å². The van der Waals surface area contributed by atoms with Gasteiger partial charge in [0.05, 0.1) is 6.61 Å². The number of carbonyl (C=O) groups excluding carboxylic acids is 1. The second-order valence-corrected chi connectivity index (χ2v) is 4.62. The average Bonchev–Trinajstić information content (AvgIpc) is 2.83. The fourth-order valence-corrected chi connectivity index (χ4v) is 2.16. The highest BCUT2D eigenvalue weighted by Crippen LogP contribution is 2.44. The van der Waals surface area contributed by atoms with Crippen LogP contribution in [0.4, 0.5) is 13.2 Å². The van der Waals surface area contributed by atoms with Crippen LogP contribution in [0.2, 0.25) is 0 Å². The Hall–Kier alpha value is -1.35. The summed E-state index contributed by atoms with van der Waals surface area (Å²) in [6, 6.07) is 0. The van der Waals surface area contributed by atoms with Crippen LogP contribution in [0.1, 0.15) is 6.42 Å². The van der Waals surface area contributed by atoms with Crippen molar-refractivity contribution in [2.45, 2.75) is 12.6 Å². The number of hydrogen-bond donors (Lipinski definition) is 2. The van der Waals surface area contributed by atoms with Gasteiger partial charge in [-0.1, -0.05) is 0 Å². The van der Waals surface area contributed by atoms with Crippen molar-refractivity contribution >= 4 is 11.9 Å². The predicted octanol–water partition coefficient (Wildman–Crippen LogP) is 0.0880. The Balaban J connectivity index is 2.98. The van der Waals surface area contributed by atoms with E-state index >= 15 is 0 Å². The van der Waals surface area contributed by atoms with Crippen LogP contribution in [-0.4, -0.2) is 68.0 Å². The zero-order chi connectivity index (χ0) is 15.4. The number of halogens is 3. The summed E-state index contributed by atoms with van der Waals surface area (Å²) in [6.45, 7) is -1.46. The molecule has 116 valence electrons. The molecule has 1 rings (SSSR count). The summed E-state index contributed by atoms with van der Waals surface area (Å²) in [5, 5.41) is 11.2. The van der Waals surface area contributed by atoms with Gasteiger partial charge in [0.2, 0.25) is 5.91 Å². The molecule has 0 radical (unpaired) electrons. The summed E-state index contributed by atoms with van der Waals surface area (Å²) in [5.41, 5.74) is -2.55. The molecule has 1 aliphatic heterocycles. The first kappa shape index (κ1) is 16.7. The Kier molecular flexibility index (Phi) is 5.35. The van der Waals surface area contributed by atoms with E-state index < -0.39 is 43.0 Å². The number of carboxylic acids is 1. The first-order valence-corrected chi connectivity index (χ1v) is 6.02. The third kappa shape index (κ3) is 3.40. The minimum absolute atomic E-state index is 0.0274. The van der Waals surface area contributed by atoms with Crippen molar-refractivity contribution in [2.24, 2.45) is 5.41 Å². The SMILES string of the molecule is COCCN(CC(=O)O)C(=O)C1(C(F)(F)F)CCNC1. The van der Waals surface area contributed by atoms with E-state index in [0.717, 1.165) is 0 Å². The van der Waals surface area contributed by atoms with Gasteiger partial charge in [-0.05, 0) is 13.0 Å². The minimum Gasteiger partial charge on any atom is -0.480 e. The topological polar surface area (TPSA) is 78.9 Å². The van der Waals surface area contributed by atoms with Gasteiger partial charge in [0.1, 0.15) is 6.54 Å². The summed E-state index contributed by atoms with van der Waals surface area (Å²) in [4.78, 5) is 23.6. The van der Waals surface area contributed by atoms with Gasteiger partial charge in [0, 0.05) is 20.2 Å². The summed E-state index contributed by atoms with van der Waals surface area (Å²) >= 11 is 0. The van der Waals surface area contributed by atoms with Crippen molar-refractivity contribution in [3.63, 3.8) is 0 Å². The molecule has 9 heteroatoms. The van der Waals surface area contributed by atoms with Crippen LogP contribution in [0.25, 0.3) is 0 Å². The Labute approximate surface area is 113 Å². The van der Waals surface area contributed by atoms with E-state index in [1.807, 2.05) is 0 Å². The number of ether oxygens (including phenoxy) is 1. The molecular formula is C11H17F3N2O4. The average molecular weight is 298 g/mol. The molecule has 0 saturated carbocycles. The Bertz CT molecular complexity index is 367. The molecule has 1 saturated heterocycles. The largest absolute Gasteiger partial charge is 0.480 e. The standard InChI is InChI=1S/C11H17F3N2O4/c1-20-5-4-16(6-8(17)18)9(19)10(11(12,13)14)2-3-15-7-10/h15H,2-7H2,1H3,(H,17,18). The number of rotatable bonds is 6. The molecule has 0 spiro atoms. The molecule has 0 aliphatic carbocycles. The quantitative estimate of drug-likeness (QED) is 0.726. The predicted molar refractivity (Wildman–Crippen MR) is 62.1 cm³/mol. The maximum Gasteiger partial charge on any atom is 0.404 e.